The third-order valence-electron chi connectivity index (χ3n) is 5.84. The monoisotopic (exact) mass is 389 g/mol. The molecule has 6 heteroatoms. The normalized spacial score (nSPS) is 15.9. The van der Waals surface area contributed by atoms with E-state index in [0.717, 1.165) is 41.3 Å². The Morgan fingerprint density at radius 3 is 2.62 bits per heavy atom. The summed E-state index contributed by atoms with van der Waals surface area (Å²) in [6.07, 6.45) is 5.44. The number of hydrogen-bond donors (Lipinski definition) is 0. The summed E-state index contributed by atoms with van der Waals surface area (Å²) in [6, 6.07) is 16.0. The lowest BCUT2D eigenvalue weighted by atomic mass is 9.94. The zero-order valence-electron chi connectivity index (χ0n) is 16.4. The highest BCUT2D eigenvalue weighted by Crippen LogP contribution is 2.50. The number of benzene rings is 2. The fraction of sp³-hybridized carbons (Fsp3) is 0.304. The van der Waals surface area contributed by atoms with E-state index in [1.54, 1.807) is 6.20 Å². The van der Waals surface area contributed by atoms with Gasteiger partial charge in [0.05, 0.1) is 12.0 Å². The van der Waals surface area contributed by atoms with Crippen molar-refractivity contribution in [1.82, 2.24) is 14.5 Å². The highest BCUT2D eigenvalue weighted by molar-refractivity contribution is 5.91. The Balaban J connectivity index is 1.45. The van der Waals surface area contributed by atoms with Crippen molar-refractivity contribution < 1.29 is 14.3 Å². The molecule has 1 aliphatic heterocycles. The van der Waals surface area contributed by atoms with E-state index in [2.05, 4.69) is 17.1 Å². The first-order chi connectivity index (χ1) is 14.2. The van der Waals surface area contributed by atoms with Crippen LogP contribution in [0.3, 0.4) is 0 Å². The standard InChI is InChI=1S/C23H23N3O3/c1-25-12-11-24-21(25)15-26(14-17-7-8-19-20(13-17)29-16-28-19)22(27)23(9-10-23)18-5-3-2-4-6-18/h2-8,11-13H,9-10,14-16H2,1H3. The maximum Gasteiger partial charge on any atom is 0.233 e. The molecule has 3 aromatic rings. The molecule has 0 unspecified atom stereocenters. The molecule has 0 atom stereocenters. The minimum Gasteiger partial charge on any atom is -0.454 e. The Labute approximate surface area is 169 Å². The summed E-state index contributed by atoms with van der Waals surface area (Å²) in [7, 11) is 1.95. The SMILES string of the molecule is Cn1ccnc1CN(Cc1ccc2c(c1)OCO2)C(=O)C1(c2ccccc2)CC1. The molecule has 0 spiro atoms. The van der Waals surface area contributed by atoms with E-state index < -0.39 is 5.41 Å². The molecule has 6 nitrogen and oxygen atoms in total. The van der Waals surface area contributed by atoms with Gasteiger partial charge in [-0.1, -0.05) is 36.4 Å². The van der Waals surface area contributed by atoms with Crippen molar-refractivity contribution in [3.8, 4) is 11.5 Å². The van der Waals surface area contributed by atoms with Crippen LogP contribution in [0.2, 0.25) is 0 Å². The number of carbonyl (C=O) groups is 1. The second kappa shape index (κ2) is 6.95. The molecule has 0 bridgehead atoms. The van der Waals surface area contributed by atoms with Crippen LogP contribution in [-0.2, 0) is 30.3 Å². The van der Waals surface area contributed by atoms with Crippen LogP contribution in [0.1, 0.15) is 29.8 Å². The summed E-state index contributed by atoms with van der Waals surface area (Å²) in [5.41, 5.74) is 1.70. The molecular formula is C23H23N3O3. The minimum absolute atomic E-state index is 0.157. The van der Waals surface area contributed by atoms with E-state index in [0.29, 0.717) is 13.1 Å². The summed E-state index contributed by atoms with van der Waals surface area (Å²) in [4.78, 5) is 20.1. The van der Waals surface area contributed by atoms with Crippen molar-refractivity contribution in [2.45, 2.75) is 31.3 Å². The number of rotatable bonds is 6. The van der Waals surface area contributed by atoms with Gasteiger partial charge in [0.25, 0.3) is 0 Å². The predicted molar refractivity (Wildman–Crippen MR) is 107 cm³/mol. The Bertz CT molecular complexity index is 1040. The van der Waals surface area contributed by atoms with Crippen molar-refractivity contribution >= 4 is 5.91 Å². The Kier molecular flexibility index (Phi) is 4.27. The molecule has 0 N–H and O–H groups in total. The smallest absolute Gasteiger partial charge is 0.233 e. The van der Waals surface area contributed by atoms with Crippen LogP contribution >= 0.6 is 0 Å². The van der Waals surface area contributed by atoms with Crippen LogP contribution in [0.15, 0.2) is 60.9 Å². The molecule has 148 valence electrons. The topological polar surface area (TPSA) is 56.6 Å². The zero-order chi connectivity index (χ0) is 19.8. The molecule has 1 fully saturated rings. The van der Waals surface area contributed by atoms with E-state index >= 15 is 0 Å². The van der Waals surface area contributed by atoms with Gasteiger partial charge in [0.1, 0.15) is 5.82 Å². The van der Waals surface area contributed by atoms with Crippen LogP contribution in [0.5, 0.6) is 11.5 Å². The van der Waals surface area contributed by atoms with Crippen molar-refractivity contribution in [2.24, 2.45) is 7.05 Å². The fourth-order valence-corrected chi connectivity index (χ4v) is 3.99. The van der Waals surface area contributed by atoms with Gasteiger partial charge in [-0.05, 0) is 36.1 Å². The molecule has 29 heavy (non-hydrogen) atoms. The number of fused-ring (bicyclic) bond motifs is 1. The molecule has 2 aliphatic rings. The third-order valence-corrected chi connectivity index (χ3v) is 5.84. The Hall–Kier alpha value is -3.28. The number of aryl methyl sites for hydroxylation is 1. The second-order valence-electron chi connectivity index (χ2n) is 7.75. The van der Waals surface area contributed by atoms with Gasteiger partial charge in [0.15, 0.2) is 11.5 Å². The van der Waals surface area contributed by atoms with Crippen LogP contribution in [-0.4, -0.2) is 27.2 Å². The molecule has 0 saturated heterocycles. The molecule has 1 aromatic heterocycles. The first-order valence-corrected chi connectivity index (χ1v) is 9.85. The lowest BCUT2D eigenvalue weighted by molar-refractivity contribution is -0.135. The number of imidazole rings is 1. The zero-order valence-corrected chi connectivity index (χ0v) is 16.4. The van der Waals surface area contributed by atoms with E-state index in [9.17, 15) is 4.79 Å². The summed E-state index contributed by atoms with van der Waals surface area (Å²) >= 11 is 0. The fourth-order valence-electron chi connectivity index (χ4n) is 3.99. The summed E-state index contributed by atoms with van der Waals surface area (Å²) in [5, 5.41) is 0. The quantitative estimate of drug-likeness (QED) is 0.648. The number of hydrogen-bond acceptors (Lipinski definition) is 4. The molecule has 1 aliphatic carbocycles. The van der Waals surface area contributed by atoms with E-state index in [1.165, 1.54) is 0 Å². The molecule has 2 aromatic carbocycles. The minimum atomic E-state index is -0.414. The van der Waals surface area contributed by atoms with Gasteiger partial charge in [-0.25, -0.2) is 4.98 Å². The number of nitrogens with zero attached hydrogens (tertiary/aromatic N) is 3. The molecule has 2 heterocycles. The largest absolute Gasteiger partial charge is 0.454 e. The van der Waals surface area contributed by atoms with Gasteiger partial charge >= 0.3 is 0 Å². The van der Waals surface area contributed by atoms with Gasteiger partial charge in [0.2, 0.25) is 12.7 Å². The second-order valence-corrected chi connectivity index (χ2v) is 7.75. The van der Waals surface area contributed by atoms with Gasteiger partial charge in [-0.2, -0.15) is 0 Å². The van der Waals surface area contributed by atoms with Crippen LogP contribution < -0.4 is 9.47 Å². The van der Waals surface area contributed by atoms with Gasteiger partial charge in [-0.3, -0.25) is 4.79 Å². The van der Waals surface area contributed by atoms with E-state index in [-0.39, 0.29) is 12.7 Å². The Morgan fingerprint density at radius 1 is 1.10 bits per heavy atom. The van der Waals surface area contributed by atoms with Crippen LogP contribution in [0.25, 0.3) is 0 Å². The van der Waals surface area contributed by atoms with Crippen molar-refractivity contribution in [2.75, 3.05) is 6.79 Å². The van der Waals surface area contributed by atoms with Crippen molar-refractivity contribution in [1.29, 1.82) is 0 Å². The van der Waals surface area contributed by atoms with Crippen molar-refractivity contribution in [3.05, 3.63) is 77.9 Å². The average Bonchev–Trinajstić information content (AvgIpc) is 3.26. The molecular weight excluding hydrogens is 366 g/mol. The number of ether oxygens (including phenoxy) is 2. The van der Waals surface area contributed by atoms with Crippen LogP contribution in [0.4, 0.5) is 0 Å². The third kappa shape index (κ3) is 3.24. The first-order valence-electron chi connectivity index (χ1n) is 9.85. The average molecular weight is 389 g/mol. The van der Waals surface area contributed by atoms with Crippen molar-refractivity contribution in [3.63, 3.8) is 0 Å². The lowest BCUT2D eigenvalue weighted by Gasteiger charge is -2.28. The summed E-state index contributed by atoms with van der Waals surface area (Å²) in [6.45, 7) is 1.20. The predicted octanol–water partition coefficient (Wildman–Crippen LogP) is 3.41. The molecule has 0 radical (unpaired) electrons. The van der Waals surface area contributed by atoms with Gasteiger partial charge < -0.3 is 18.9 Å². The maximum atomic E-state index is 13.7. The summed E-state index contributed by atoms with van der Waals surface area (Å²) in [5.74, 6) is 2.50. The highest BCUT2D eigenvalue weighted by atomic mass is 16.7. The Morgan fingerprint density at radius 2 is 1.90 bits per heavy atom. The number of amides is 1. The van der Waals surface area contributed by atoms with Crippen LogP contribution in [0, 0.1) is 0 Å². The molecule has 5 rings (SSSR count). The number of carbonyl (C=O) groups excluding carboxylic acids is 1. The molecule has 1 amide bonds. The van der Waals surface area contributed by atoms with E-state index in [4.69, 9.17) is 9.47 Å². The van der Waals surface area contributed by atoms with Gasteiger partial charge in [0, 0.05) is 26.0 Å². The lowest BCUT2D eigenvalue weighted by Crippen LogP contribution is -2.39. The van der Waals surface area contributed by atoms with Gasteiger partial charge in [-0.15, -0.1) is 0 Å². The maximum absolute atomic E-state index is 13.7. The van der Waals surface area contributed by atoms with E-state index in [1.807, 2.05) is 59.1 Å². The number of aromatic nitrogens is 2. The summed E-state index contributed by atoms with van der Waals surface area (Å²) < 4.78 is 12.9. The highest BCUT2D eigenvalue weighted by Gasteiger charge is 2.53. The molecule has 1 saturated carbocycles. The first kappa shape index (κ1) is 17.8.